The Hall–Kier alpha value is -3.37. The number of anilines is 1. The van der Waals surface area contributed by atoms with Gasteiger partial charge < -0.3 is 5.73 Å². The quantitative estimate of drug-likeness (QED) is 0.690. The van der Waals surface area contributed by atoms with Crippen LogP contribution in [0.15, 0.2) is 59.6 Å². The third-order valence-corrected chi connectivity index (χ3v) is 6.70. The normalized spacial score (nSPS) is 18.7. The lowest BCUT2D eigenvalue weighted by Gasteiger charge is -2.30. The zero-order valence-corrected chi connectivity index (χ0v) is 17.2. The Labute approximate surface area is 173 Å². The molecule has 3 aromatic rings. The number of hydrogen-bond acceptors (Lipinski definition) is 6. The summed E-state index contributed by atoms with van der Waals surface area (Å²) in [5, 5.41) is 12.9. The number of halogens is 1. The summed E-state index contributed by atoms with van der Waals surface area (Å²) < 4.78 is 13.7. The molecule has 4 rings (SSSR count). The Kier molecular flexibility index (Phi) is 4.52. The van der Waals surface area contributed by atoms with Crippen molar-refractivity contribution in [3.05, 3.63) is 76.4 Å². The van der Waals surface area contributed by atoms with Crippen LogP contribution in [0.3, 0.4) is 0 Å². The van der Waals surface area contributed by atoms with Crippen LogP contribution < -0.4 is 10.7 Å². The summed E-state index contributed by atoms with van der Waals surface area (Å²) in [6, 6.07) is 18.6. The molecule has 1 aliphatic heterocycles. The molecule has 0 saturated heterocycles. The summed E-state index contributed by atoms with van der Waals surface area (Å²) >= 11 is 1.56. The Morgan fingerprint density at radius 3 is 2.62 bits per heavy atom. The van der Waals surface area contributed by atoms with E-state index < -0.39 is 11.4 Å². The lowest BCUT2D eigenvalue weighted by molar-refractivity contribution is 0.486. The number of nitriles is 1. The number of para-hydroxylation sites is 1. The fourth-order valence-electron chi connectivity index (χ4n) is 3.55. The average molecular weight is 406 g/mol. The predicted molar refractivity (Wildman–Crippen MR) is 115 cm³/mol. The van der Waals surface area contributed by atoms with Crippen LogP contribution >= 0.6 is 11.3 Å². The minimum atomic E-state index is -0.680. The Morgan fingerprint density at radius 2 is 1.86 bits per heavy atom. The maximum atomic E-state index is 13.7. The molecule has 7 heteroatoms. The van der Waals surface area contributed by atoms with E-state index >= 15 is 0 Å². The van der Waals surface area contributed by atoms with Gasteiger partial charge in [0.25, 0.3) is 0 Å². The topological polar surface area (TPSA) is 68.6 Å². The summed E-state index contributed by atoms with van der Waals surface area (Å²) in [7, 11) is 3.83. The van der Waals surface area contributed by atoms with E-state index in [9.17, 15) is 4.39 Å². The molecular weight excluding hydrogens is 385 g/mol. The lowest BCUT2D eigenvalue weighted by atomic mass is 9.89. The maximum absolute atomic E-state index is 13.7. The minimum absolute atomic E-state index is 0.0361. The first-order chi connectivity index (χ1) is 13.8. The van der Waals surface area contributed by atoms with Crippen LogP contribution in [0.4, 0.5) is 10.1 Å². The van der Waals surface area contributed by atoms with Crippen molar-refractivity contribution in [2.45, 2.75) is 12.5 Å². The number of rotatable bonds is 2. The van der Waals surface area contributed by atoms with Gasteiger partial charge in [0.2, 0.25) is 5.96 Å². The summed E-state index contributed by atoms with van der Waals surface area (Å²) in [4.78, 5) is 6.83. The van der Waals surface area contributed by atoms with Crippen molar-refractivity contribution in [3.63, 3.8) is 0 Å². The van der Waals surface area contributed by atoms with Gasteiger partial charge in [-0.25, -0.2) is 9.38 Å². The summed E-state index contributed by atoms with van der Waals surface area (Å²) in [6.07, 6.45) is 0. The zero-order chi connectivity index (χ0) is 20.8. The highest BCUT2D eigenvalue weighted by Gasteiger charge is 2.37. The van der Waals surface area contributed by atoms with Crippen LogP contribution in [0.5, 0.6) is 0 Å². The fraction of sp³-hybridized carbons (Fsp3) is 0.182. The van der Waals surface area contributed by atoms with E-state index in [4.69, 9.17) is 16.0 Å². The van der Waals surface area contributed by atoms with Gasteiger partial charge in [0.1, 0.15) is 17.4 Å². The highest BCUT2D eigenvalue weighted by Crippen LogP contribution is 2.45. The number of hydrogen-bond donors (Lipinski definition) is 1. The van der Waals surface area contributed by atoms with Gasteiger partial charge in [-0.05, 0) is 42.8 Å². The summed E-state index contributed by atoms with van der Waals surface area (Å²) in [5.41, 5.74) is 8.51. The maximum Gasteiger partial charge on any atom is 0.211 e. The number of guanidine groups is 1. The number of hydrazine groups is 1. The van der Waals surface area contributed by atoms with Crippen molar-refractivity contribution in [1.29, 1.82) is 5.26 Å². The molecule has 1 unspecified atom stereocenters. The SMILES string of the molecule is CN1C(N)=NC(C)(c2ccc(-c3ccc(F)c(C#N)c3)s2)c2ccccc2N1C. The molecule has 0 radical (unpaired) electrons. The largest absolute Gasteiger partial charge is 0.368 e. The van der Waals surface area contributed by atoms with Gasteiger partial charge in [-0.1, -0.05) is 24.3 Å². The van der Waals surface area contributed by atoms with E-state index in [0.29, 0.717) is 5.96 Å². The van der Waals surface area contributed by atoms with E-state index in [-0.39, 0.29) is 5.56 Å². The first kappa shape index (κ1) is 19.0. The number of thiophene rings is 1. The van der Waals surface area contributed by atoms with Crippen LogP contribution in [-0.4, -0.2) is 25.1 Å². The molecule has 0 saturated carbocycles. The number of nitrogens with two attached hydrogens (primary N) is 1. The Morgan fingerprint density at radius 1 is 1.10 bits per heavy atom. The van der Waals surface area contributed by atoms with Gasteiger partial charge in [-0.3, -0.25) is 10.0 Å². The third-order valence-electron chi connectivity index (χ3n) is 5.35. The molecule has 1 aliphatic rings. The second kappa shape index (κ2) is 6.90. The molecule has 0 spiro atoms. The van der Waals surface area contributed by atoms with Gasteiger partial charge >= 0.3 is 0 Å². The molecular formula is C22H20FN5S. The van der Waals surface area contributed by atoms with Crippen LogP contribution in [0.25, 0.3) is 10.4 Å². The van der Waals surface area contributed by atoms with Gasteiger partial charge in [0.15, 0.2) is 0 Å². The van der Waals surface area contributed by atoms with E-state index in [1.807, 2.05) is 67.4 Å². The number of aliphatic imine (C=N–C) groups is 1. The molecule has 1 aromatic heterocycles. The van der Waals surface area contributed by atoms with Gasteiger partial charge in [-0.15, -0.1) is 11.3 Å². The average Bonchev–Trinajstić information content (AvgIpc) is 3.21. The summed E-state index contributed by atoms with van der Waals surface area (Å²) in [6.45, 7) is 2.05. The van der Waals surface area contributed by atoms with E-state index in [1.54, 1.807) is 23.5 Å². The van der Waals surface area contributed by atoms with Crippen LogP contribution in [0.1, 0.15) is 22.9 Å². The zero-order valence-electron chi connectivity index (χ0n) is 16.3. The Bertz CT molecular complexity index is 1160. The highest BCUT2D eigenvalue weighted by atomic mass is 32.1. The molecule has 5 nitrogen and oxygen atoms in total. The number of fused-ring (bicyclic) bond motifs is 1. The number of benzene rings is 2. The molecule has 0 fully saturated rings. The first-order valence-electron chi connectivity index (χ1n) is 9.07. The van der Waals surface area contributed by atoms with Gasteiger partial charge in [0.05, 0.1) is 11.3 Å². The molecule has 0 bridgehead atoms. The second-order valence-electron chi connectivity index (χ2n) is 7.08. The van der Waals surface area contributed by atoms with Crippen molar-refractivity contribution < 1.29 is 4.39 Å². The van der Waals surface area contributed by atoms with E-state index in [1.165, 1.54) is 6.07 Å². The molecule has 0 aliphatic carbocycles. The molecule has 1 atom stereocenters. The lowest BCUT2D eigenvalue weighted by Crippen LogP contribution is -2.45. The van der Waals surface area contributed by atoms with Gasteiger partial charge in [-0.2, -0.15) is 5.26 Å². The minimum Gasteiger partial charge on any atom is -0.368 e. The summed E-state index contributed by atoms with van der Waals surface area (Å²) in [5.74, 6) is -0.101. The molecule has 29 heavy (non-hydrogen) atoms. The monoisotopic (exact) mass is 405 g/mol. The van der Waals surface area contributed by atoms with Crippen molar-refractivity contribution in [2.24, 2.45) is 10.7 Å². The standard InChI is InChI=1S/C22H20FN5S/c1-22(16-6-4-5-7-18(16)27(2)28(3)21(25)26-22)20-11-10-19(29-20)14-8-9-17(23)15(12-14)13-24/h4-12H,1-3H3,(H2,25,26). The second-order valence-corrected chi connectivity index (χ2v) is 8.16. The van der Waals surface area contributed by atoms with Crippen molar-refractivity contribution in [1.82, 2.24) is 5.01 Å². The van der Waals surface area contributed by atoms with Crippen LogP contribution in [0.2, 0.25) is 0 Å². The molecule has 0 amide bonds. The molecule has 2 N–H and O–H groups in total. The molecule has 2 aromatic carbocycles. The molecule has 2 heterocycles. The molecule has 146 valence electrons. The van der Waals surface area contributed by atoms with Crippen molar-refractivity contribution >= 4 is 23.0 Å². The van der Waals surface area contributed by atoms with Crippen molar-refractivity contribution in [3.8, 4) is 16.5 Å². The van der Waals surface area contributed by atoms with E-state index in [2.05, 4.69) is 6.07 Å². The smallest absolute Gasteiger partial charge is 0.211 e. The predicted octanol–water partition coefficient (Wildman–Crippen LogP) is 4.30. The highest BCUT2D eigenvalue weighted by molar-refractivity contribution is 7.15. The number of nitrogens with zero attached hydrogens (tertiary/aromatic N) is 4. The van der Waals surface area contributed by atoms with Crippen molar-refractivity contribution in [2.75, 3.05) is 19.1 Å². The van der Waals surface area contributed by atoms with Crippen LogP contribution in [-0.2, 0) is 5.54 Å². The van der Waals surface area contributed by atoms with Crippen LogP contribution in [0, 0.1) is 17.1 Å². The fourth-order valence-corrected chi connectivity index (χ4v) is 4.66. The first-order valence-corrected chi connectivity index (χ1v) is 9.89. The van der Waals surface area contributed by atoms with Gasteiger partial charge in [0, 0.05) is 29.4 Å². The Balaban J connectivity index is 1.86. The third kappa shape index (κ3) is 3.02. The van der Waals surface area contributed by atoms with E-state index in [0.717, 1.165) is 26.6 Å².